The third kappa shape index (κ3) is 3.36. The highest BCUT2D eigenvalue weighted by atomic mass is 35.5. The summed E-state index contributed by atoms with van der Waals surface area (Å²) in [6, 6.07) is 8.52. The Labute approximate surface area is 137 Å². The first-order valence-electron chi connectivity index (χ1n) is 8.19. The fourth-order valence-corrected chi connectivity index (χ4v) is 3.44. The highest BCUT2D eigenvalue weighted by molar-refractivity contribution is 6.30. The van der Waals surface area contributed by atoms with Crippen molar-refractivity contribution >= 4 is 11.6 Å². The van der Waals surface area contributed by atoms with Crippen molar-refractivity contribution in [2.45, 2.75) is 58.5 Å². The van der Waals surface area contributed by atoms with Gasteiger partial charge in [-0.15, -0.1) is 0 Å². The van der Waals surface area contributed by atoms with Crippen LogP contribution in [0.15, 0.2) is 24.3 Å². The SMILES string of the molecule is Cc1nn(-c2ccc(Cl)cc2)c(C)c1CNC1CCCCC1. The third-order valence-electron chi connectivity index (χ3n) is 4.69. The molecule has 2 aromatic rings. The van der Waals surface area contributed by atoms with E-state index >= 15 is 0 Å². The van der Waals surface area contributed by atoms with Crippen LogP contribution in [0.4, 0.5) is 0 Å². The maximum absolute atomic E-state index is 5.97. The maximum atomic E-state index is 5.97. The molecule has 1 aromatic heterocycles. The van der Waals surface area contributed by atoms with Crippen LogP contribution in [-0.2, 0) is 6.54 Å². The second-order valence-electron chi connectivity index (χ2n) is 6.25. The predicted molar refractivity (Wildman–Crippen MR) is 91.8 cm³/mol. The van der Waals surface area contributed by atoms with Crippen LogP contribution in [0, 0.1) is 13.8 Å². The fraction of sp³-hybridized carbons (Fsp3) is 0.500. The molecule has 1 N–H and O–H groups in total. The number of aryl methyl sites for hydroxylation is 1. The molecule has 3 rings (SSSR count). The zero-order valence-corrected chi connectivity index (χ0v) is 14.2. The third-order valence-corrected chi connectivity index (χ3v) is 4.94. The van der Waals surface area contributed by atoms with Crippen LogP contribution in [-0.4, -0.2) is 15.8 Å². The molecule has 0 saturated heterocycles. The second-order valence-corrected chi connectivity index (χ2v) is 6.69. The zero-order valence-electron chi connectivity index (χ0n) is 13.4. The first-order valence-corrected chi connectivity index (χ1v) is 8.57. The molecule has 0 spiro atoms. The van der Waals surface area contributed by atoms with E-state index in [0.29, 0.717) is 6.04 Å². The highest BCUT2D eigenvalue weighted by Crippen LogP contribution is 2.21. The van der Waals surface area contributed by atoms with E-state index in [1.54, 1.807) is 0 Å². The second kappa shape index (κ2) is 6.84. The summed E-state index contributed by atoms with van der Waals surface area (Å²) in [6.45, 7) is 5.15. The maximum Gasteiger partial charge on any atom is 0.0649 e. The molecule has 1 aliphatic carbocycles. The number of rotatable bonds is 4. The van der Waals surface area contributed by atoms with Crippen molar-refractivity contribution in [3.63, 3.8) is 0 Å². The minimum Gasteiger partial charge on any atom is -0.310 e. The molecule has 0 atom stereocenters. The van der Waals surface area contributed by atoms with Gasteiger partial charge < -0.3 is 5.32 Å². The summed E-state index contributed by atoms with van der Waals surface area (Å²) in [5.74, 6) is 0. The Hall–Kier alpha value is -1.32. The Morgan fingerprint density at radius 2 is 1.82 bits per heavy atom. The van der Waals surface area contributed by atoms with Gasteiger partial charge in [0.2, 0.25) is 0 Å². The number of hydrogen-bond donors (Lipinski definition) is 1. The topological polar surface area (TPSA) is 29.9 Å². The van der Waals surface area contributed by atoms with E-state index in [1.807, 2.05) is 28.9 Å². The van der Waals surface area contributed by atoms with Crippen LogP contribution in [0.1, 0.15) is 49.1 Å². The molecule has 1 saturated carbocycles. The number of halogens is 1. The number of hydrogen-bond acceptors (Lipinski definition) is 2. The first kappa shape index (κ1) is 15.6. The number of aromatic nitrogens is 2. The van der Waals surface area contributed by atoms with Gasteiger partial charge in [-0.2, -0.15) is 5.10 Å². The quantitative estimate of drug-likeness (QED) is 0.895. The van der Waals surface area contributed by atoms with Crippen LogP contribution in [0.2, 0.25) is 5.02 Å². The van der Waals surface area contributed by atoms with E-state index in [4.69, 9.17) is 16.7 Å². The molecule has 0 bridgehead atoms. The van der Waals surface area contributed by atoms with E-state index in [0.717, 1.165) is 22.9 Å². The fourth-order valence-electron chi connectivity index (χ4n) is 3.32. The largest absolute Gasteiger partial charge is 0.310 e. The predicted octanol–water partition coefficient (Wildman–Crippen LogP) is 4.56. The summed E-state index contributed by atoms with van der Waals surface area (Å²) in [6.07, 6.45) is 6.73. The standard InChI is InChI=1S/C18H24ClN3/c1-13-18(12-20-16-6-4-3-5-7-16)14(2)22(21-13)17-10-8-15(19)9-11-17/h8-11,16,20H,3-7,12H2,1-2H3. The van der Waals surface area contributed by atoms with E-state index in [9.17, 15) is 0 Å². The molecular weight excluding hydrogens is 294 g/mol. The minimum atomic E-state index is 0.673. The first-order chi connectivity index (χ1) is 10.6. The smallest absolute Gasteiger partial charge is 0.0649 e. The van der Waals surface area contributed by atoms with Crippen molar-refractivity contribution in [3.05, 3.63) is 46.2 Å². The summed E-state index contributed by atoms with van der Waals surface area (Å²) < 4.78 is 2.02. The average molecular weight is 318 g/mol. The summed E-state index contributed by atoms with van der Waals surface area (Å²) in [5.41, 5.74) is 4.70. The molecule has 3 nitrogen and oxygen atoms in total. The summed E-state index contributed by atoms with van der Waals surface area (Å²) >= 11 is 5.97. The van der Waals surface area contributed by atoms with Crippen LogP contribution < -0.4 is 5.32 Å². The van der Waals surface area contributed by atoms with Crippen LogP contribution in [0.5, 0.6) is 0 Å². The molecule has 0 amide bonds. The Morgan fingerprint density at radius 3 is 2.50 bits per heavy atom. The lowest BCUT2D eigenvalue weighted by molar-refractivity contribution is 0.372. The van der Waals surface area contributed by atoms with Gasteiger partial charge in [0.25, 0.3) is 0 Å². The Morgan fingerprint density at radius 1 is 1.14 bits per heavy atom. The molecule has 0 aliphatic heterocycles. The van der Waals surface area contributed by atoms with Gasteiger partial charge in [-0.3, -0.25) is 0 Å². The summed E-state index contributed by atoms with van der Waals surface area (Å²) in [5, 5.41) is 9.18. The lowest BCUT2D eigenvalue weighted by Crippen LogP contribution is -2.30. The van der Waals surface area contributed by atoms with Gasteiger partial charge in [0.1, 0.15) is 0 Å². The zero-order chi connectivity index (χ0) is 15.5. The molecular formula is C18H24ClN3. The molecule has 0 unspecified atom stereocenters. The van der Waals surface area contributed by atoms with Crippen LogP contribution >= 0.6 is 11.6 Å². The van der Waals surface area contributed by atoms with Gasteiger partial charge in [-0.25, -0.2) is 4.68 Å². The lowest BCUT2D eigenvalue weighted by atomic mass is 9.95. The monoisotopic (exact) mass is 317 g/mol. The Kier molecular flexibility index (Phi) is 4.84. The molecule has 118 valence electrons. The van der Waals surface area contributed by atoms with Gasteiger partial charge in [-0.1, -0.05) is 30.9 Å². The molecule has 1 aromatic carbocycles. The molecule has 1 aliphatic rings. The van der Waals surface area contributed by atoms with Crippen molar-refractivity contribution in [2.75, 3.05) is 0 Å². The molecule has 4 heteroatoms. The number of nitrogens with zero attached hydrogens (tertiary/aromatic N) is 2. The van der Waals surface area contributed by atoms with Gasteiger partial charge >= 0.3 is 0 Å². The van der Waals surface area contributed by atoms with Crippen molar-refractivity contribution in [1.82, 2.24) is 15.1 Å². The van der Waals surface area contributed by atoms with Gasteiger partial charge in [0.05, 0.1) is 11.4 Å². The highest BCUT2D eigenvalue weighted by Gasteiger charge is 2.16. The molecule has 1 heterocycles. The number of nitrogens with one attached hydrogen (secondary N) is 1. The molecule has 0 radical (unpaired) electrons. The van der Waals surface area contributed by atoms with E-state index in [2.05, 4.69) is 19.2 Å². The van der Waals surface area contributed by atoms with Gasteiger partial charge in [0.15, 0.2) is 0 Å². The average Bonchev–Trinajstić information content (AvgIpc) is 2.82. The van der Waals surface area contributed by atoms with Crippen LogP contribution in [0.3, 0.4) is 0 Å². The summed E-state index contributed by atoms with van der Waals surface area (Å²) in [7, 11) is 0. The Bertz CT molecular complexity index is 625. The normalized spacial score (nSPS) is 16.1. The van der Waals surface area contributed by atoms with E-state index in [1.165, 1.54) is 43.4 Å². The van der Waals surface area contributed by atoms with Crippen molar-refractivity contribution < 1.29 is 0 Å². The summed E-state index contributed by atoms with van der Waals surface area (Å²) in [4.78, 5) is 0. The van der Waals surface area contributed by atoms with E-state index < -0.39 is 0 Å². The van der Waals surface area contributed by atoms with Crippen molar-refractivity contribution in [2.24, 2.45) is 0 Å². The van der Waals surface area contributed by atoms with Crippen LogP contribution in [0.25, 0.3) is 5.69 Å². The minimum absolute atomic E-state index is 0.673. The number of benzene rings is 1. The van der Waals surface area contributed by atoms with Crippen molar-refractivity contribution in [3.8, 4) is 5.69 Å². The molecule has 22 heavy (non-hydrogen) atoms. The van der Waals surface area contributed by atoms with E-state index in [-0.39, 0.29) is 0 Å². The Balaban J connectivity index is 1.76. The van der Waals surface area contributed by atoms with Gasteiger partial charge in [0, 0.05) is 28.9 Å². The van der Waals surface area contributed by atoms with Gasteiger partial charge in [-0.05, 0) is 51.0 Å². The lowest BCUT2D eigenvalue weighted by Gasteiger charge is -2.22. The molecule has 1 fully saturated rings. The van der Waals surface area contributed by atoms with Crippen molar-refractivity contribution in [1.29, 1.82) is 0 Å².